The van der Waals surface area contributed by atoms with Gasteiger partial charge in [0.15, 0.2) is 0 Å². The average molecular weight is 423 g/mol. The van der Waals surface area contributed by atoms with Crippen LogP contribution in [0.3, 0.4) is 0 Å². The third-order valence-corrected chi connectivity index (χ3v) is 6.16. The summed E-state index contributed by atoms with van der Waals surface area (Å²) in [5, 5.41) is 7.17. The molecule has 0 radical (unpaired) electrons. The minimum atomic E-state index is 0.0324. The van der Waals surface area contributed by atoms with Crippen molar-refractivity contribution in [3.05, 3.63) is 60.0 Å². The van der Waals surface area contributed by atoms with E-state index < -0.39 is 0 Å². The van der Waals surface area contributed by atoms with Gasteiger partial charge in [0.05, 0.1) is 6.54 Å². The van der Waals surface area contributed by atoms with E-state index >= 15 is 0 Å². The molecule has 2 heterocycles. The first kappa shape index (κ1) is 20.6. The Hall–Kier alpha value is -2.64. The second-order valence-electron chi connectivity index (χ2n) is 7.65. The number of aromatic nitrogens is 2. The zero-order chi connectivity index (χ0) is 20.9. The van der Waals surface area contributed by atoms with Gasteiger partial charge in [0.25, 0.3) is 0 Å². The maximum Gasteiger partial charge on any atom is 0.241 e. The fraction of sp³-hybridized carbons (Fsp3) is 0.348. The average Bonchev–Trinajstić information content (AvgIpc) is 3.23. The van der Waals surface area contributed by atoms with Crippen LogP contribution in [0.5, 0.6) is 0 Å². The van der Waals surface area contributed by atoms with Crippen molar-refractivity contribution in [1.82, 2.24) is 15.0 Å². The van der Waals surface area contributed by atoms with Gasteiger partial charge in [0.2, 0.25) is 17.6 Å². The number of aryl methyl sites for hydroxylation is 1. The van der Waals surface area contributed by atoms with Gasteiger partial charge in [-0.2, -0.15) is 4.98 Å². The van der Waals surface area contributed by atoms with Crippen LogP contribution in [-0.2, 0) is 11.3 Å². The highest BCUT2D eigenvalue weighted by molar-refractivity contribution is 7.98. The van der Waals surface area contributed by atoms with E-state index in [2.05, 4.69) is 27.3 Å². The molecule has 0 spiro atoms. The number of hydrogen-bond acceptors (Lipinski definition) is 6. The maximum atomic E-state index is 12.6. The van der Waals surface area contributed by atoms with Crippen LogP contribution in [0, 0.1) is 12.8 Å². The molecule has 0 aliphatic carbocycles. The van der Waals surface area contributed by atoms with Crippen LogP contribution in [0.15, 0.2) is 57.9 Å². The number of carbonyl (C=O) groups is 1. The predicted molar refractivity (Wildman–Crippen MR) is 119 cm³/mol. The number of carbonyl (C=O) groups excluding carboxylic acids is 1. The predicted octanol–water partition coefficient (Wildman–Crippen LogP) is 4.62. The molecule has 2 aromatic carbocycles. The molecule has 1 N–H and O–H groups in total. The van der Waals surface area contributed by atoms with E-state index in [1.54, 1.807) is 11.8 Å². The fourth-order valence-electron chi connectivity index (χ4n) is 3.63. The van der Waals surface area contributed by atoms with Gasteiger partial charge < -0.3 is 9.84 Å². The van der Waals surface area contributed by atoms with Gasteiger partial charge in [-0.05, 0) is 57.3 Å². The van der Waals surface area contributed by atoms with E-state index in [1.165, 1.54) is 5.56 Å². The first-order chi connectivity index (χ1) is 14.6. The van der Waals surface area contributed by atoms with Crippen LogP contribution in [0.25, 0.3) is 11.4 Å². The van der Waals surface area contributed by atoms with E-state index in [9.17, 15) is 4.79 Å². The summed E-state index contributed by atoms with van der Waals surface area (Å²) in [6, 6.07) is 16.1. The number of likely N-dealkylation sites (tertiary alicyclic amines) is 1. The van der Waals surface area contributed by atoms with Crippen LogP contribution in [-0.4, -0.2) is 40.3 Å². The third-order valence-electron chi connectivity index (χ3n) is 5.43. The van der Waals surface area contributed by atoms with Gasteiger partial charge in [-0.3, -0.25) is 9.69 Å². The summed E-state index contributed by atoms with van der Waals surface area (Å²) in [6.45, 7) is 4.34. The topological polar surface area (TPSA) is 71.3 Å². The summed E-state index contributed by atoms with van der Waals surface area (Å²) in [7, 11) is 0. The molecule has 7 heteroatoms. The van der Waals surface area contributed by atoms with Crippen molar-refractivity contribution in [3.8, 4) is 11.4 Å². The number of nitrogens with one attached hydrogen (secondary N) is 1. The Morgan fingerprint density at radius 1 is 1.20 bits per heavy atom. The first-order valence-corrected chi connectivity index (χ1v) is 11.4. The molecule has 1 amide bonds. The second-order valence-corrected chi connectivity index (χ2v) is 8.53. The molecule has 0 bridgehead atoms. The maximum absolute atomic E-state index is 12.6. The number of thioether (sulfide) groups is 1. The van der Waals surface area contributed by atoms with Crippen molar-refractivity contribution >= 4 is 23.4 Å². The van der Waals surface area contributed by atoms with Crippen molar-refractivity contribution in [2.45, 2.75) is 31.2 Å². The zero-order valence-electron chi connectivity index (χ0n) is 17.3. The molecule has 4 rings (SSSR count). The van der Waals surface area contributed by atoms with Crippen molar-refractivity contribution in [2.75, 3.05) is 24.7 Å². The van der Waals surface area contributed by atoms with Gasteiger partial charge in [0.1, 0.15) is 0 Å². The molecule has 1 saturated heterocycles. The standard InChI is InChI=1S/C23H26N4O2S/c1-16-6-8-17(9-7-16)22-25-21(29-26-22)15-27-12-10-18(11-13-27)23(28)24-19-4-3-5-20(14-19)30-2/h3-9,14,18H,10-13,15H2,1-2H3,(H,24,28). The van der Waals surface area contributed by atoms with E-state index in [0.717, 1.165) is 42.1 Å². The summed E-state index contributed by atoms with van der Waals surface area (Å²) < 4.78 is 5.44. The number of benzene rings is 2. The van der Waals surface area contributed by atoms with Crippen LogP contribution in [0.1, 0.15) is 24.3 Å². The Morgan fingerprint density at radius 3 is 2.70 bits per heavy atom. The highest BCUT2D eigenvalue weighted by Gasteiger charge is 2.26. The lowest BCUT2D eigenvalue weighted by Crippen LogP contribution is -2.37. The molecule has 1 aliphatic heterocycles. The van der Waals surface area contributed by atoms with Gasteiger partial charge in [-0.15, -0.1) is 11.8 Å². The molecule has 156 valence electrons. The lowest BCUT2D eigenvalue weighted by molar-refractivity contribution is -0.121. The number of hydrogen-bond donors (Lipinski definition) is 1. The second kappa shape index (κ2) is 9.45. The molecule has 1 aromatic heterocycles. The van der Waals surface area contributed by atoms with Crippen LogP contribution < -0.4 is 5.32 Å². The summed E-state index contributed by atoms with van der Waals surface area (Å²) in [5.74, 6) is 1.37. The number of piperidine rings is 1. The van der Waals surface area contributed by atoms with Crippen molar-refractivity contribution in [2.24, 2.45) is 5.92 Å². The quantitative estimate of drug-likeness (QED) is 0.585. The fourth-order valence-corrected chi connectivity index (χ4v) is 4.09. The largest absolute Gasteiger partial charge is 0.338 e. The van der Waals surface area contributed by atoms with Crippen molar-refractivity contribution in [1.29, 1.82) is 0 Å². The minimum absolute atomic E-state index is 0.0324. The SMILES string of the molecule is CSc1cccc(NC(=O)C2CCN(Cc3nc(-c4ccc(C)cc4)no3)CC2)c1. The lowest BCUT2D eigenvalue weighted by Gasteiger charge is -2.30. The van der Waals surface area contributed by atoms with Crippen LogP contribution in [0.4, 0.5) is 5.69 Å². The first-order valence-electron chi connectivity index (χ1n) is 10.2. The summed E-state index contributed by atoms with van der Waals surface area (Å²) >= 11 is 1.67. The van der Waals surface area contributed by atoms with Gasteiger partial charge in [-0.25, -0.2) is 0 Å². The van der Waals surface area contributed by atoms with Crippen LogP contribution in [0.2, 0.25) is 0 Å². The number of anilines is 1. The normalized spacial score (nSPS) is 15.3. The Bertz CT molecular complexity index is 994. The summed E-state index contributed by atoms with van der Waals surface area (Å²) in [5.41, 5.74) is 3.02. The molecule has 3 aromatic rings. The molecule has 0 unspecified atom stereocenters. The van der Waals surface area contributed by atoms with E-state index in [-0.39, 0.29) is 11.8 Å². The molecule has 30 heavy (non-hydrogen) atoms. The molecular weight excluding hydrogens is 396 g/mol. The summed E-state index contributed by atoms with van der Waals surface area (Å²) in [6.07, 6.45) is 3.68. The van der Waals surface area contributed by atoms with Gasteiger partial charge in [-0.1, -0.05) is 41.1 Å². The zero-order valence-corrected chi connectivity index (χ0v) is 18.1. The number of nitrogens with zero attached hydrogens (tertiary/aromatic N) is 3. The van der Waals surface area contributed by atoms with Crippen molar-refractivity contribution in [3.63, 3.8) is 0 Å². The molecule has 6 nitrogen and oxygen atoms in total. The van der Waals surface area contributed by atoms with E-state index in [1.807, 2.05) is 54.8 Å². The molecule has 0 saturated carbocycles. The van der Waals surface area contributed by atoms with E-state index in [4.69, 9.17) is 4.52 Å². The van der Waals surface area contributed by atoms with Crippen molar-refractivity contribution < 1.29 is 9.32 Å². The lowest BCUT2D eigenvalue weighted by atomic mass is 9.96. The Kier molecular flexibility index (Phi) is 6.50. The smallest absolute Gasteiger partial charge is 0.241 e. The number of amides is 1. The van der Waals surface area contributed by atoms with Gasteiger partial charge in [0, 0.05) is 22.1 Å². The Balaban J connectivity index is 1.28. The molecule has 1 fully saturated rings. The monoisotopic (exact) mass is 422 g/mol. The Morgan fingerprint density at radius 2 is 1.97 bits per heavy atom. The highest BCUT2D eigenvalue weighted by Crippen LogP contribution is 2.24. The molecule has 0 atom stereocenters. The third kappa shape index (κ3) is 5.09. The van der Waals surface area contributed by atoms with Crippen LogP contribution >= 0.6 is 11.8 Å². The summed E-state index contributed by atoms with van der Waals surface area (Å²) in [4.78, 5) is 20.6. The highest BCUT2D eigenvalue weighted by atomic mass is 32.2. The minimum Gasteiger partial charge on any atom is -0.338 e. The van der Waals surface area contributed by atoms with E-state index in [0.29, 0.717) is 18.3 Å². The Labute approximate surface area is 181 Å². The van der Waals surface area contributed by atoms with Gasteiger partial charge >= 0.3 is 0 Å². The molecular formula is C23H26N4O2S. The molecule has 1 aliphatic rings. The number of rotatable bonds is 6.